The minimum atomic E-state index is -1.05. The number of para-hydroxylation sites is 1. The Hall–Kier alpha value is -3.39. The van der Waals surface area contributed by atoms with Crippen LogP contribution in [0.25, 0.3) is 10.9 Å². The van der Waals surface area contributed by atoms with Crippen LogP contribution in [0.3, 0.4) is 0 Å². The Morgan fingerprint density at radius 2 is 1.90 bits per heavy atom. The maximum absolute atomic E-state index is 12.9. The highest BCUT2D eigenvalue weighted by molar-refractivity contribution is 5.87. The van der Waals surface area contributed by atoms with Crippen molar-refractivity contribution < 1.29 is 19.2 Å². The monoisotopic (exact) mass is 423 g/mol. The van der Waals surface area contributed by atoms with Gasteiger partial charge in [0, 0.05) is 29.1 Å². The summed E-state index contributed by atoms with van der Waals surface area (Å²) >= 11 is 0. The number of esters is 1. The van der Waals surface area contributed by atoms with Crippen LogP contribution >= 0.6 is 0 Å². The molecule has 0 radical (unpaired) electrons. The fourth-order valence-corrected chi connectivity index (χ4v) is 4.61. The summed E-state index contributed by atoms with van der Waals surface area (Å²) in [6, 6.07) is 12.3. The van der Waals surface area contributed by atoms with Gasteiger partial charge >= 0.3 is 5.97 Å². The van der Waals surface area contributed by atoms with E-state index < -0.39 is 30.0 Å². The highest BCUT2D eigenvalue weighted by Crippen LogP contribution is 2.43. The topological polar surface area (TPSA) is 95.6 Å². The molecule has 1 saturated heterocycles. The number of carbonyl (C=O) groups is 1. The number of nitro groups is 1. The average Bonchev–Trinajstić information content (AvgIpc) is 3.33. The van der Waals surface area contributed by atoms with Crippen molar-refractivity contribution in [1.29, 1.82) is 0 Å². The summed E-state index contributed by atoms with van der Waals surface area (Å²) in [6.45, 7) is 1.93. The molecule has 2 heterocycles. The van der Waals surface area contributed by atoms with Crippen LogP contribution in [0, 0.1) is 10.1 Å². The first-order valence-corrected chi connectivity index (χ1v) is 10.2. The number of aryl methyl sites for hydroxylation is 1. The highest BCUT2D eigenvalue weighted by Gasteiger charge is 2.55. The van der Waals surface area contributed by atoms with Gasteiger partial charge in [-0.2, -0.15) is 0 Å². The molecule has 4 atom stereocenters. The van der Waals surface area contributed by atoms with Crippen LogP contribution in [0.1, 0.15) is 30.0 Å². The lowest BCUT2D eigenvalue weighted by Crippen LogP contribution is -2.37. The molecule has 0 aliphatic carbocycles. The lowest BCUT2D eigenvalue weighted by Gasteiger charge is -2.19. The van der Waals surface area contributed by atoms with Gasteiger partial charge in [0.1, 0.15) is 17.8 Å². The molecule has 8 nitrogen and oxygen atoms in total. The second-order valence-electron chi connectivity index (χ2n) is 7.66. The van der Waals surface area contributed by atoms with Gasteiger partial charge in [-0.3, -0.25) is 20.2 Å². The molecule has 0 spiro atoms. The molecule has 3 aromatic rings. The number of rotatable bonds is 6. The summed E-state index contributed by atoms with van der Waals surface area (Å²) in [5.74, 6) is -0.512. The zero-order valence-electron chi connectivity index (χ0n) is 17.6. The number of methoxy groups -OCH3 is 1. The average molecular weight is 423 g/mol. The van der Waals surface area contributed by atoms with Crippen molar-refractivity contribution in [3.05, 3.63) is 76.0 Å². The van der Waals surface area contributed by atoms with E-state index in [4.69, 9.17) is 9.47 Å². The molecule has 4 unspecified atom stereocenters. The van der Waals surface area contributed by atoms with E-state index in [0.29, 0.717) is 5.75 Å². The Bertz CT molecular complexity index is 1110. The third-order valence-corrected chi connectivity index (χ3v) is 5.97. The minimum Gasteiger partial charge on any atom is -0.497 e. The number of fused-ring (bicyclic) bond motifs is 1. The van der Waals surface area contributed by atoms with Crippen molar-refractivity contribution in [3.8, 4) is 5.75 Å². The molecule has 162 valence electrons. The largest absolute Gasteiger partial charge is 0.497 e. The van der Waals surface area contributed by atoms with Crippen molar-refractivity contribution in [2.75, 3.05) is 13.7 Å². The Balaban J connectivity index is 1.85. The molecule has 0 amide bonds. The van der Waals surface area contributed by atoms with Crippen LogP contribution in [-0.4, -0.2) is 41.3 Å². The van der Waals surface area contributed by atoms with Crippen LogP contribution in [0.5, 0.6) is 5.75 Å². The summed E-state index contributed by atoms with van der Waals surface area (Å²) in [6.07, 6.45) is 1.89. The summed E-state index contributed by atoms with van der Waals surface area (Å²) in [5, 5.41) is 16.5. The lowest BCUT2D eigenvalue weighted by molar-refractivity contribution is -0.527. The van der Waals surface area contributed by atoms with E-state index >= 15 is 0 Å². The van der Waals surface area contributed by atoms with Crippen molar-refractivity contribution in [2.24, 2.45) is 7.05 Å². The predicted octanol–water partition coefficient (Wildman–Crippen LogP) is 3.19. The molecule has 1 aliphatic heterocycles. The SMILES string of the molecule is CCOC(=O)C1NC(c2ccc(OC)cc2)C([N+](=O)[O-])C1c1cn(C)c2ccccc12. The summed E-state index contributed by atoms with van der Waals surface area (Å²) in [4.78, 5) is 24.9. The first-order valence-electron chi connectivity index (χ1n) is 10.2. The minimum absolute atomic E-state index is 0.204. The first kappa shape index (κ1) is 20.9. The second kappa shape index (κ2) is 8.39. The zero-order chi connectivity index (χ0) is 22.1. The van der Waals surface area contributed by atoms with Gasteiger partial charge in [0.15, 0.2) is 0 Å². The van der Waals surface area contributed by atoms with Gasteiger partial charge in [-0.05, 0) is 36.2 Å². The fraction of sp³-hybridized carbons (Fsp3) is 0.348. The molecule has 2 aromatic carbocycles. The zero-order valence-corrected chi connectivity index (χ0v) is 17.6. The quantitative estimate of drug-likeness (QED) is 0.372. The molecule has 4 rings (SSSR count). The van der Waals surface area contributed by atoms with Crippen molar-refractivity contribution in [1.82, 2.24) is 9.88 Å². The van der Waals surface area contributed by atoms with Crippen LogP contribution < -0.4 is 10.1 Å². The van der Waals surface area contributed by atoms with Gasteiger partial charge in [0.05, 0.1) is 19.6 Å². The number of benzene rings is 2. The van der Waals surface area contributed by atoms with Crippen molar-refractivity contribution in [3.63, 3.8) is 0 Å². The number of nitrogens with one attached hydrogen (secondary N) is 1. The maximum atomic E-state index is 12.9. The molecule has 1 N–H and O–H groups in total. The second-order valence-corrected chi connectivity index (χ2v) is 7.66. The van der Waals surface area contributed by atoms with E-state index in [1.807, 2.05) is 42.1 Å². The Morgan fingerprint density at radius 3 is 2.55 bits per heavy atom. The normalized spacial score (nSPS) is 23.1. The van der Waals surface area contributed by atoms with Crippen LogP contribution in [-0.2, 0) is 16.6 Å². The van der Waals surface area contributed by atoms with E-state index in [2.05, 4.69) is 5.32 Å². The van der Waals surface area contributed by atoms with E-state index in [1.165, 1.54) is 0 Å². The maximum Gasteiger partial charge on any atom is 0.324 e. The lowest BCUT2D eigenvalue weighted by atomic mass is 9.85. The fourth-order valence-electron chi connectivity index (χ4n) is 4.61. The third-order valence-electron chi connectivity index (χ3n) is 5.97. The molecule has 31 heavy (non-hydrogen) atoms. The number of hydrogen-bond acceptors (Lipinski definition) is 6. The molecule has 0 bridgehead atoms. The smallest absolute Gasteiger partial charge is 0.324 e. The van der Waals surface area contributed by atoms with Gasteiger partial charge in [-0.25, -0.2) is 0 Å². The first-order chi connectivity index (χ1) is 15.0. The Morgan fingerprint density at radius 1 is 1.19 bits per heavy atom. The Labute approximate surface area is 179 Å². The van der Waals surface area contributed by atoms with E-state index in [9.17, 15) is 14.9 Å². The summed E-state index contributed by atoms with van der Waals surface area (Å²) < 4.78 is 12.4. The van der Waals surface area contributed by atoms with Crippen LogP contribution in [0.4, 0.5) is 0 Å². The molecular weight excluding hydrogens is 398 g/mol. The predicted molar refractivity (Wildman–Crippen MR) is 116 cm³/mol. The molecule has 1 aromatic heterocycles. The summed E-state index contributed by atoms with van der Waals surface area (Å²) in [5.41, 5.74) is 2.44. The molecule has 0 saturated carbocycles. The molecular formula is C23H25N3O5. The number of aromatic nitrogens is 1. The van der Waals surface area contributed by atoms with E-state index in [1.54, 1.807) is 38.3 Å². The van der Waals surface area contributed by atoms with Crippen LogP contribution in [0.2, 0.25) is 0 Å². The number of carbonyl (C=O) groups excluding carboxylic acids is 1. The van der Waals surface area contributed by atoms with Gasteiger partial charge in [0.25, 0.3) is 0 Å². The van der Waals surface area contributed by atoms with E-state index in [-0.39, 0.29) is 11.5 Å². The highest BCUT2D eigenvalue weighted by atomic mass is 16.6. The van der Waals surface area contributed by atoms with Crippen molar-refractivity contribution >= 4 is 16.9 Å². The van der Waals surface area contributed by atoms with Crippen LogP contribution in [0.15, 0.2) is 54.7 Å². The van der Waals surface area contributed by atoms with Gasteiger partial charge < -0.3 is 14.0 Å². The van der Waals surface area contributed by atoms with Crippen molar-refractivity contribution in [2.45, 2.75) is 31.0 Å². The molecule has 1 aliphatic rings. The number of hydrogen-bond donors (Lipinski definition) is 1. The van der Waals surface area contributed by atoms with E-state index in [0.717, 1.165) is 22.0 Å². The van der Waals surface area contributed by atoms with Gasteiger partial charge in [-0.1, -0.05) is 30.3 Å². The third kappa shape index (κ3) is 3.63. The van der Waals surface area contributed by atoms with Gasteiger partial charge in [-0.15, -0.1) is 0 Å². The molecule has 1 fully saturated rings. The Kier molecular flexibility index (Phi) is 5.65. The number of nitrogens with zero attached hydrogens (tertiary/aromatic N) is 2. The standard InChI is InChI=1S/C23H25N3O5/c1-4-31-23(27)21-19(17-13-25(2)18-8-6-5-7-16(17)18)22(26(28)29)20(24-21)14-9-11-15(30-3)12-10-14/h5-13,19-22,24H,4H2,1-3H3. The summed E-state index contributed by atoms with van der Waals surface area (Å²) in [7, 11) is 3.46. The molecule has 8 heteroatoms. The number of ether oxygens (including phenoxy) is 2. The van der Waals surface area contributed by atoms with Gasteiger partial charge in [0.2, 0.25) is 6.04 Å².